The Morgan fingerprint density at radius 3 is 3.08 bits per heavy atom. The van der Waals surface area contributed by atoms with E-state index in [1.807, 2.05) is 0 Å². The number of halogens is 1. The molecule has 0 amide bonds. The van der Waals surface area contributed by atoms with Gasteiger partial charge in [-0.25, -0.2) is 9.78 Å². The van der Waals surface area contributed by atoms with Crippen molar-refractivity contribution in [2.24, 2.45) is 0 Å². The summed E-state index contributed by atoms with van der Waals surface area (Å²) < 4.78 is 0. The van der Waals surface area contributed by atoms with E-state index in [0.717, 1.165) is 0 Å². The van der Waals surface area contributed by atoms with Crippen molar-refractivity contribution in [3.8, 4) is 0 Å². The molecule has 70 valence electrons. The molecule has 13 heavy (non-hydrogen) atoms. The topological polar surface area (TPSA) is 62.2 Å². The third-order valence-electron chi connectivity index (χ3n) is 1.21. The SMILES string of the molecule is C=C(Cl)CNc1scnc1C(=O)O. The lowest BCUT2D eigenvalue weighted by molar-refractivity contribution is 0.0692. The van der Waals surface area contributed by atoms with Crippen molar-refractivity contribution in [2.45, 2.75) is 0 Å². The number of nitrogens with one attached hydrogen (secondary N) is 1. The number of carbonyl (C=O) groups is 1. The van der Waals surface area contributed by atoms with Crippen LogP contribution in [0.3, 0.4) is 0 Å². The average Bonchev–Trinajstić information content (AvgIpc) is 2.47. The largest absolute Gasteiger partial charge is 0.476 e. The first-order valence-corrected chi connectivity index (χ1v) is 4.61. The highest BCUT2D eigenvalue weighted by molar-refractivity contribution is 7.14. The lowest BCUT2D eigenvalue weighted by atomic mass is 10.4. The summed E-state index contributed by atoms with van der Waals surface area (Å²) in [5.41, 5.74) is 1.48. The molecule has 6 heteroatoms. The molecule has 0 saturated carbocycles. The number of rotatable bonds is 4. The number of thiazole rings is 1. The van der Waals surface area contributed by atoms with E-state index in [4.69, 9.17) is 16.7 Å². The van der Waals surface area contributed by atoms with Gasteiger partial charge in [0.05, 0.1) is 12.1 Å². The second-order valence-electron chi connectivity index (χ2n) is 2.21. The fraction of sp³-hybridized carbons (Fsp3) is 0.143. The normalized spacial score (nSPS) is 9.62. The van der Waals surface area contributed by atoms with E-state index in [1.165, 1.54) is 16.8 Å². The molecule has 2 N–H and O–H groups in total. The maximum atomic E-state index is 10.6. The summed E-state index contributed by atoms with van der Waals surface area (Å²) in [4.78, 5) is 14.3. The highest BCUT2D eigenvalue weighted by Gasteiger charge is 2.12. The summed E-state index contributed by atoms with van der Waals surface area (Å²) in [6.07, 6.45) is 0. The van der Waals surface area contributed by atoms with Gasteiger partial charge in [-0.15, -0.1) is 11.3 Å². The van der Waals surface area contributed by atoms with Gasteiger partial charge in [0, 0.05) is 5.03 Å². The molecule has 0 spiro atoms. The predicted molar refractivity (Wildman–Crippen MR) is 52.6 cm³/mol. The summed E-state index contributed by atoms with van der Waals surface area (Å²) in [6, 6.07) is 0. The minimum absolute atomic E-state index is 0.0166. The first-order valence-electron chi connectivity index (χ1n) is 3.35. The van der Waals surface area contributed by atoms with E-state index in [9.17, 15) is 4.79 Å². The Hall–Kier alpha value is -1.07. The smallest absolute Gasteiger partial charge is 0.357 e. The Balaban J connectivity index is 2.71. The molecule has 0 aliphatic heterocycles. The Labute approximate surface area is 83.9 Å². The van der Waals surface area contributed by atoms with Gasteiger partial charge in [-0.05, 0) is 0 Å². The molecule has 1 aromatic heterocycles. The molecule has 0 aromatic carbocycles. The van der Waals surface area contributed by atoms with Crippen LogP contribution in [0.15, 0.2) is 17.1 Å². The monoisotopic (exact) mass is 218 g/mol. The lowest BCUT2D eigenvalue weighted by Gasteiger charge is -2.01. The van der Waals surface area contributed by atoms with Gasteiger partial charge in [0.25, 0.3) is 0 Å². The molecule has 1 rings (SSSR count). The van der Waals surface area contributed by atoms with Gasteiger partial charge in [0.2, 0.25) is 0 Å². The van der Waals surface area contributed by atoms with Crippen molar-refractivity contribution in [1.29, 1.82) is 0 Å². The van der Waals surface area contributed by atoms with Crippen LogP contribution < -0.4 is 5.32 Å². The van der Waals surface area contributed by atoms with Crippen molar-refractivity contribution in [3.63, 3.8) is 0 Å². The molecule has 0 aliphatic carbocycles. The van der Waals surface area contributed by atoms with Crippen molar-refractivity contribution in [2.75, 3.05) is 11.9 Å². The van der Waals surface area contributed by atoms with Crippen LogP contribution in [0.1, 0.15) is 10.5 Å². The molecular weight excluding hydrogens is 212 g/mol. The number of carboxylic acid groups (broad SMARTS) is 1. The summed E-state index contributed by atoms with van der Waals surface area (Å²) in [7, 11) is 0. The van der Waals surface area contributed by atoms with Crippen LogP contribution in [0.4, 0.5) is 5.00 Å². The number of anilines is 1. The number of nitrogens with zero attached hydrogens (tertiary/aromatic N) is 1. The number of aromatic nitrogens is 1. The Bertz CT molecular complexity index is 337. The van der Waals surface area contributed by atoms with Crippen molar-refractivity contribution >= 4 is 33.9 Å². The fourth-order valence-corrected chi connectivity index (χ4v) is 1.44. The quantitative estimate of drug-likeness (QED) is 0.812. The molecule has 0 fully saturated rings. The third kappa shape index (κ3) is 2.71. The van der Waals surface area contributed by atoms with E-state index in [2.05, 4.69) is 16.9 Å². The molecule has 0 saturated heterocycles. The Morgan fingerprint density at radius 2 is 2.54 bits per heavy atom. The maximum Gasteiger partial charge on any atom is 0.357 e. The molecule has 0 atom stereocenters. The molecule has 1 aromatic rings. The van der Waals surface area contributed by atoms with Crippen LogP contribution in [0.25, 0.3) is 0 Å². The summed E-state index contributed by atoms with van der Waals surface area (Å²) in [5, 5.41) is 12.4. The zero-order chi connectivity index (χ0) is 9.84. The van der Waals surface area contributed by atoms with Crippen LogP contribution in [0.2, 0.25) is 0 Å². The van der Waals surface area contributed by atoms with Crippen LogP contribution in [-0.2, 0) is 0 Å². The van der Waals surface area contributed by atoms with E-state index in [1.54, 1.807) is 0 Å². The first-order chi connectivity index (χ1) is 6.11. The van der Waals surface area contributed by atoms with Gasteiger partial charge < -0.3 is 10.4 Å². The minimum atomic E-state index is -1.05. The van der Waals surface area contributed by atoms with Gasteiger partial charge in [-0.2, -0.15) is 0 Å². The second-order valence-corrected chi connectivity index (χ2v) is 3.60. The highest BCUT2D eigenvalue weighted by atomic mass is 35.5. The number of carboxylic acids is 1. The Kier molecular flexibility index (Phi) is 3.27. The van der Waals surface area contributed by atoms with Crippen molar-refractivity contribution in [3.05, 3.63) is 22.8 Å². The Morgan fingerprint density at radius 1 is 1.85 bits per heavy atom. The summed E-state index contributed by atoms with van der Waals surface area (Å²) in [5.74, 6) is -1.05. The molecule has 1 heterocycles. The number of hydrogen-bond donors (Lipinski definition) is 2. The number of aromatic carboxylic acids is 1. The van der Waals surface area contributed by atoms with Gasteiger partial charge in [-0.3, -0.25) is 0 Å². The minimum Gasteiger partial charge on any atom is -0.476 e. The molecule has 0 radical (unpaired) electrons. The average molecular weight is 219 g/mol. The third-order valence-corrected chi connectivity index (χ3v) is 2.13. The van der Waals surface area contributed by atoms with Crippen LogP contribution in [-0.4, -0.2) is 22.6 Å². The first kappa shape index (κ1) is 10.0. The highest BCUT2D eigenvalue weighted by Crippen LogP contribution is 2.20. The van der Waals surface area contributed by atoms with Crippen molar-refractivity contribution < 1.29 is 9.90 Å². The lowest BCUT2D eigenvalue weighted by Crippen LogP contribution is -2.05. The van der Waals surface area contributed by atoms with Gasteiger partial charge >= 0.3 is 5.97 Å². The van der Waals surface area contributed by atoms with Crippen molar-refractivity contribution in [1.82, 2.24) is 4.98 Å². The van der Waals surface area contributed by atoms with E-state index in [0.29, 0.717) is 16.6 Å². The van der Waals surface area contributed by atoms with Gasteiger partial charge in [0.15, 0.2) is 5.69 Å². The van der Waals surface area contributed by atoms with E-state index >= 15 is 0 Å². The molecule has 0 unspecified atom stereocenters. The van der Waals surface area contributed by atoms with E-state index < -0.39 is 5.97 Å². The van der Waals surface area contributed by atoms with Gasteiger partial charge in [-0.1, -0.05) is 18.2 Å². The summed E-state index contributed by atoms with van der Waals surface area (Å²) in [6.45, 7) is 3.81. The maximum absolute atomic E-state index is 10.6. The van der Waals surface area contributed by atoms with E-state index in [-0.39, 0.29) is 5.69 Å². The molecule has 0 aliphatic rings. The standard InChI is InChI=1S/C7H7ClN2O2S/c1-4(8)2-9-6-5(7(11)12)10-3-13-6/h3,9H,1-2H2,(H,11,12). The molecule has 0 bridgehead atoms. The zero-order valence-corrected chi connectivity index (χ0v) is 8.15. The van der Waals surface area contributed by atoms with Crippen LogP contribution >= 0.6 is 22.9 Å². The fourth-order valence-electron chi connectivity index (χ4n) is 0.700. The van der Waals surface area contributed by atoms with Crippen LogP contribution in [0, 0.1) is 0 Å². The number of hydrogen-bond acceptors (Lipinski definition) is 4. The predicted octanol–water partition coefficient (Wildman–Crippen LogP) is 2.01. The van der Waals surface area contributed by atoms with Gasteiger partial charge in [0.1, 0.15) is 5.00 Å². The second kappa shape index (κ2) is 4.25. The zero-order valence-electron chi connectivity index (χ0n) is 6.58. The molecule has 4 nitrogen and oxygen atoms in total. The summed E-state index contributed by atoms with van der Waals surface area (Å²) >= 11 is 6.72. The van der Waals surface area contributed by atoms with Crippen LogP contribution in [0.5, 0.6) is 0 Å². The molecular formula is C7H7ClN2O2S.